The molecule has 0 aliphatic rings. The largest absolute Gasteiger partial charge is 0.507 e. The van der Waals surface area contributed by atoms with E-state index in [1.807, 2.05) is 0 Å². The number of hydrogen-bond acceptors (Lipinski definition) is 7. The van der Waals surface area contributed by atoms with Gasteiger partial charge >= 0.3 is 5.69 Å². The normalized spacial score (nSPS) is 11.0. The van der Waals surface area contributed by atoms with E-state index in [9.17, 15) is 24.8 Å². The van der Waals surface area contributed by atoms with Crippen molar-refractivity contribution in [2.24, 2.45) is 0 Å². The number of nitrogens with one attached hydrogen (secondary N) is 1. The van der Waals surface area contributed by atoms with Crippen LogP contribution in [0.5, 0.6) is 5.75 Å². The number of hydrogen-bond donors (Lipinski definition) is 2. The van der Waals surface area contributed by atoms with Gasteiger partial charge in [-0.2, -0.15) is 0 Å². The molecular formula is C18H10ClFN4O5. The molecule has 2 N–H and O–H groups in total. The molecule has 3 aromatic carbocycles. The first-order valence-electron chi connectivity index (χ1n) is 8.07. The van der Waals surface area contributed by atoms with E-state index in [0.717, 1.165) is 6.07 Å². The molecular weight excluding hydrogens is 407 g/mol. The Kier molecular flexibility index (Phi) is 4.40. The van der Waals surface area contributed by atoms with Gasteiger partial charge in [-0.1, -0.05) is 23.7 Å². The van der Waals surface area contributed by atoms with E-state index in [-0.39, 0.29) is 38.1 Å². The highest BCUT2D eigenvalue weighted by molar-refractivity contribution is 6.34. The van der Waals surface area contributed by atoms with E-state index in [1.165, 1.54) is 30.3 Å². The van der Waals surface area contributed by atoms with Crippen LogP contribution in [0.4, 0.5) is 21.5 Å². The third-order valence-corrected chi connectivity index (χ3v) is 4.50. The fourth-order valence-electron chi connectivity index (χ4n) is 2.89. The number of aromatic nitrogens is 2. The van der Waals surface area contributed by atoms with Crippen LogP contribution in [0.3, 0.4) is 0 Å². The van der Waals surface area contributed by atoms with Crippen molar-refractivity contribution < 1.29 is 24.0 Å². The van der Waals surface area contributed by atoms with Crippen LogP contribution in [0, 0.1) is 21.1 Å². The summed E-state index contributed by atoms with van der Waals surface area (Å²) >= 11 is 5.96. The summed E-state index contributed by atoms with van der Waals surface area (Å²) in [6.45, 7) is 0. The summed E-state index contributed by atoms with van der Waals surface area (Å²) in [4.78, 5) is 10.8. The van der Waals surface area contributed by atoms with E-state index in [4.69, 9.17) is 11.6 Å². The molecule has 29 heavy (non-hydrogen) atoms. The Morgan fingerprint density at radius 3 is 2.59 bits per heavy atom. The molecule has 0 amide bonds. The van der Waals surface area contributed by atoms with Crippen molar-refractivity contribution >= 4 is 39.7 Å². The third kappa shape index (κ3) is 3.25. The van der Waals surface area contributed by atoms with Gasteiger partial charge in [0.2, 0.25) is 5.52 Å². The molecule has 0 fully saturated rings. The average molecular weight is 417 g/mol. The lowest BCUT2D eigenvalue weighted by Crippen LogP contribution is -2.22. The van der Waals surface area contributed by atoms with Crippen LogP contribution in [0.2, 0.25) is 5.02 Å². The minimum atomic E-state index is -0.722. The molecule has 0 radical (unpaired) electrons. The molecule has 9 nitrogen and oxygen atoms in total. The van der Waals surface area contributed by atoms with Gasteiger partial charge in [0.25, 0.3) is 5.52 Å². The van der Waals surface area contributed by atoms with Crippen molar-refractivity contribution in [1.82, 2.24) is 5.16 Å². The number of nitro benzene ring substituents is 1. The monoisotopic (exact) mass is 416 g/mol. The zero-order chi connectivity index (χ0) is 20.7. The SMILES string of the molecule is O=[N+]([O-])c1c(Cl)cc2c(no[n+]2[O-])c1Nc1ccc(-c2ccc(F)cc2)c(O)c1. The van der Waals surface area contributed by atoms with Gasteiger partial charge < -0.3 is 15.6 Å². The molecule has 0 spiro atoms. The lowest BCUT2D eigenvalue weighted by atomic mass is 10.0. The molecule has 0 bridgehead atoms. The Bertz CT molecular complexity index is 1260. The maximum Gasteiger partial charge on any atom is 0.316 e. The van der Waals surface area contributed by atoms with Crippen LogP contribution in [0.1, 0.15) is 0 Å². The second-order valence-electron chi connectivity index (χ2n) is 6.00. The van der Waals surface area contributed by atoms with E-state index in [1.54, 1.807) is 12.1 Å². The molecule has 0 saturated heterocycles. The van der Waals surface area contributed by atoms with Gasteiger partial charge in [0, 0.05) is 28.5 Å². The molecule has 0 saturated carbocycles. The maximum absolute atomic E-state index is 13.1. The van der Waals surface area contributed by atoms with Crippen molar-refractivity contribution in [3.63, 3.8) is 0 Å². The second kappa shape index (κ2) is 6.91. The average Bonchev–Trinajstić information content (AvgIpc) is 3.03. The Hall–Kier alpha value is -3.92. The fraction of sp³-hybridized carbons (Fsp3) is 0. The molecule has 11 heteroatoms. The zero-order valence-corrected chi connectivity index (χ0v) is 15.1. The van der Waals surface area contributed by atoms with Gasteiger partial charge in [-0.3, -0.25) is 14.7 Å². The Balaban J connectivity index is 1.79. The summed E-state index contributed by atoms with van der Waals surface area (Å²) in [5.74, 6) is -0.561. The van der Waals surface area contributed by atoms with Crippen molar-refractivity contribution in [2.45, 2.75) is 0 Å². The number of phenolic OH excluding ortho intramolecular Hbond substituents is 1. The number of halogens is 2. The van der Waals surface area contributed by atoms with Crippen molar-refractivity contribution in [3.05, 3.63) is 74.7 Å². The maximum atomic E-state index is 13.1. The summed E-state index contributed by atoms with van der Waals surface area (Å²) in [5.41, 5.74) is 0.407. The van der Waals surface area contributed by atoms with E-state index >= 15 is 0 Å². The Morgan fingerprint density at radius 2 is 1.93 bits per heavy atom. The zero-order valence-electron chi connectivity index (χ0n) is 14.3. The van der Waals surface area contributed by atoms with Crippen molar-refractivity contribution in [1.29, 1.82) is 0 Å². The van der Waals surface area contributed by atoms with Crippen molar-refractivity contribution in [2.75, 3.05) is 5.32 Å². The highest BCUT2D eigenvalue weighted by atomic mass is 35.5. The molecule has 146 valence electrons. The smallest absolute Gasteiger partial charge is 0.316 e. The van der Waals surface area contributed by atoms with Gasteiger partial charge in [0.05, 0.1) is 4.92 Å². The molecule has 0 unspecified atom stereocenters. The standard InChI is InChI=1S/C18H10ClFN4O5/c19-13-8-14-16(22-29-24(14)28)17(18(13)23(26)27)21-11-5-6-12(15(25)7-11)9-1-3-10(20)4-2-9/h1-8,21,25H. The number of anilines is 2. The predicted molar refractivity (Wildman–Crippen MR) is 101 cm³/mol. The molecule has 0 atom stereocenters. The quantitative estimate of drug-likeness (QED) is 0.288. The van der Waals surface area contributed by atoms with Gasteiger partial charge in [-0.25, -0.2) is 4.39 Å². The molecule has 0 aliphatic heterocycles. The lowest BCUT2D eigenvalue weighted by molar-refractivity contribution is -0.782. The van der Waals surface area contributed by atoms with Gasteiger partial charge in [0.1, 0.15) is 16.6 Å². The highest BCUT2D eigenvalue weighted by Crippen LogP contribution is 2.40. The molecule has 1 aromatic heterocycles. The number of benzene rings is 3. The van der Waals surface area contributed by atoms with Crippen LogP contribution < -0.4 is 10.2 Å². The van der Waals surface area contributed by atoms with E-state index in [2.05, 4.69) is 15.1 Å². The summed E-state index contributed by atoms with van der Waals surface area (Å²) in [6.07, 6.45) is 0. The fourth-order valence-corrected chi connectivity index (χ4v) is 3.16. The van der Waals surface area contributed by atoms with Crippen LogP contribution in [-0.2, 0) is 0 Å². The van der Waals surface area contributed by atoms with Crippen LogP contribution in [-0.4, -0.2) is 15.2 Å². The summed E-state index contributed by atoms with van der Waals surface area (Å²) < 4.78 is 17.6. The molecule has 1 heterocycles. The number of nitrogens with zero attached hydrogens (tertiary/aromatic N) is 3. The lowest BCUT2D eigenvalue weighted by Gasteiger charge is -2.10. The Labute approximate surface area is 166 Å². The van der Waals surface area contributed by atoms with E-state index < -0.39 is 16.4 Å². The van der Waals surface area contributed by atoms with Crippen LogP contribution >= 0.6 is 11.6 Å². The first kappa shape index (κ1) is 18.4. The summed E-state index contributed by atoms with van der Waals surface area (Å²) in [5, 5.41) is 39.5. The highest BCUT2D eigenvalue weighted by Gasteiger charge is 2.29. The first-order chi connectivity index (χ1) is 13.8. The second-order valence-corrected chi connectivity index (χ2v) is 6.41. The van der Waals surface area contributed by atoms with Gasteiger partial charge in [-0.15, -0.1) is 0 Å². The topological polar surface area (TPSA) is 128 Å². The van der Waals surface area contributed by atoms with Crippen LogP contribution in [0.15, 0.2) is 53.2 Å². The summed E-state index contributed by atoms with van der Waals surface area (Å²) in [6, 6.07) is 11.0. The number of nitro groups is 1. The number of aromatic hydroxyl groups is 1. The molecule has 4 aromatic rings. The minimum Gasteiger partial charge on any atom is -0.507 e. The Morgan fingerprint density at radius 1 is 1.21 bits per heavy atom. The number of phenols is 1. The minimum absolute atomic E-state index is 0.0746. The molecule has 0 aliphatic carbocycles. The predicted octanol–water partition coefficient (Wildman–Crippen LogP) is 4.28. The van der Waals surface area contributed by atoms with Gasteiger partial charge in [0.15, 0.2) is 5.69 Å². The number of rotatable bonds is 4. The molecule has 4 rings (SSSR count). The van der Waals surface area contributed by atoms with Crippen molar-refractivity contribution in [3.8, 4) is 16.9 Å². The first-order valence-corrected chi connectivity index (χ1v) is 8.45. The van der Waals surface area contributed by atoms with Crippen LogP contribution in [0.25, 0.3) is 22.2 Å². The van der Waals surface area contributed by atoms with E-state index in [0.29, 0.717) is 11.1 Å². The summed E-state index contributed by atoms with van der Waals surface area (Å²) in [7, 11) is 0. The van der Waals surface area contributed by atoms with Gasteiger partial charge in [-0.05, 0) is 34.7 Å². The number of fused-ring (bicyclic) bond motifs is 1. The third-order valence-electron chi connectivity index (χ3n) is 4.21.